The Morgan fingerprint density at radius 1 is 1.22 bits per heavy atom. The summed E-state index contributed by atoms with van der Waals surface area (Å²) in [5.74, 6) is -0.332. The fourth-order valence-corrected chi connectivity index (χ4v) is 5.90. The molecule has 1 aliphatic carbocycles. The SMILES string of the molecule is COC(=O)CNCC1(C)C[C@@]1(c1ccccc1)P(=O)(OC)OC. The van der Waals surface area contributed by atoms with Crippen LogP contribution in [0.5, 0.6) is 0 Å². The Hall–Kier alpha value is -1.20. The number of hydrogen-bond donors (Lipinski definition) is 1. The average Bonchev–Trinajstić information content (AvgIpc) is 3.22. The first-order chi connectivity index (χ1) is 10.9. The van der Waals surface area contributed by atoms with Crippen molar-refractivity contribution >= 4 is 13.6 Å². The highest BCUT2D eigenvalue weighted by atomic mass is 31.2. The molecule has 0 aliphatic heterocycles. The molecule has 6 nitrogen and oxygen atoms in total. The van der Waals surface area contributed by atoms with Crippen LogP contribution in [-0.4, -0.2) is 40.4 Å². The third-order valence-corrected chi connectivity index (χ3v) is 7.58. The van der Waals surface area contributed by atoms with Crippen molar-refractivity contribution in [3.05, 3.63) is 35.9 Å². The minimum Gasteiger partial charge on any atom is -0.468 e. The molecule has 0 heterocycles. The van der Waals surface area contributed by atoms with Gasteiger partial charge in [0.2, 0.25) is 0 Å². The van der Waals surface area contributed by atoms with Crippen LogP contribution in [0.3, 0.4) is 0 Å². The molecule has 0 amide bonds. The van der Waals surface area contributed by atoms with Crippen LogP contribution in [0.2, 0.25) is 0 Å². The van der Waals surface area contributed by atoms with Crippen LogP contribution in [0.4, 0.5) is 0 Å². The smallest absolute Gasteiger partial charge is 0.341 e. The van der Waals surface area contributed by atoms with E-state index in [1.807, 2.05) is 37.3 Å². The summed E-state index contributed by atoms with van der Waals surface area (Å²) in [5.41, 5.74) is 0.582. The molecule has 128 valence electrons. The second-order valence-corrected chi connectivity index (χ2v) is 8.49. The van der Waals surface area contributed by atoms with Crippen molar-refractivity contribution < 1.29 is 23.1 Å². The van der Waals surface area contributed by atoms with Crippen LogP contribution < -0.4 is 5.32 Å². The quantitative estimate of drug-likeness (QED) is 0.579. The highest BCUT2D eigenvalue weighted by Crippen LogP contribution is 2.83. The zero-order valence-electron chi connectivity index (χ0n) is 14.0. The van der Waals surface area contributed by atoms with Crippen LogP contribution in [0.15, 0.2) is 30.3 Å². The molecule has 23 heavy (non-hydrogen) atoms. The Morgan fingerprint density at radius 2 is 1.83 bits per heavy atom. The Balaban J connectivity index is 2.29. The summed E-state index contributed by atoms with van der Waals surface area (Å²) in [6.07, 6.45) is 0.650. The maximum Gasteiger partial charge on any atom is 0.341 e. The van der Waals surface area contributed by atoms with E-state index in [0.717, 1.165) is 5.56 Å². The van der Waals surface area contributed by atoms with Gasteiger partial charge in [-0.2, -0.15) is 0 Å². The van der Waals surface area contributed by atoms with E-state index in [1.165, 1.54) is 21.3 Å². The molecular formula is C16H24NO5P. The van der Waals surface area contributed by atoms with Gasteiger partial charge in [0.1, 0.15) is 5.16 Å². The molecule has 1 aromatic rings. The van der Waals surface area contributed by atoms with E-state index in [2.05, 4.69) is 10.1 Å². The minimum atomic E-state index is -3.34. The first-order valence-electron chi connectivity index (χ1n) is 7.44. The molecule has 0 bridgehead atoms. The number of benzene rings is 1. The maximum absolute atomic E-state index is 13.2. The Kier molecular flexibility index (Phi) is 5.31. The molecule has 1 unspecified atom stereocenters. The third kappa shape index (κ3) is 2.96. The first kappa shape index (κ1) is 18.1. The van der Waals surface area contributed by atoms with E-state index in [-0.39, 0.29) is 17.9 Å². The van der Waals surface area contributed by atoms with E-state index >= 15 is 0 Å². The summed E-state index contributed by atoms with van der Waals surface area (Å²) in [4.78, 5) is 11.3. The summed E-state index contributed by atoms with van der Waals surface area (Å²) >= 11 is 0. The van der Waals surface area contributed by atoms with Crippen LogP contribution >= 0.6 is 7.60 Å². The van der Waals surface area contributed by atoms with Gasteiger partial charge in [-0.1, -0.05) is 37.3 Å². The Bertz CT molecular complexity index is 600. The Labute approximate surface area is 137 Å². The lowest BCUT2D eigenvalue weighted by molar-refractivity contribution is -0.139. The number of rotatable bonds is 8. The van der Waals surface area contributed by atoms with Crippen LogP contribution in [-0.2, 0) is 28.3 Å². The van der Waals surface area contributed by atoms with Gasteiger partial charge in [0, 0.05) is 26.2 Å². The minimum absolute atomic E-state index is 0.112. The predicted molar refractivity (Wildman–Crippen MR) is 87.4 cm³/mol. The van der Waals surface area contributed by atoms with Gasteiger partial charge < -0.3 is 19.1 Å². The van der Waals surface area contributed by atoms with Gasteiger partial charge in [-0.3, -0.25) is 9.36 Å². The molecule has 0 aromatic heterocycles. The number of nitrogens with one attached hydrogen (secondary N) is 1. The summed E-state index contributed by atoms with van der Waals surface area (Å²) in [6, 6.07) is 9.62. The fraction of sp³-hybridized carbons (Fsp3) is 0.562. The average molecular weight is 341 g/mol. The predicted octanol–water partition coefficient (Wildman–Crippen LogP) is 2.54. The van der Waals surface area contributed by atoms with Gasteiger partial charge in [-0.15, -0.1) is 0 Å². The zero-order valence-corrected chi connectivity index (χ0v) is 14.9. The van der Waals surface area contributed by atoms with Crippen molar-refractivity contribution in [3.63, 3.8) is 0 Å². The number of carbonyl (C=O) groups excluding carboxylic acids is 1. The Morgan fingerprint density at radius 3 is 2.35 bits per heavy atom. The maximum atomic E-state index is 13.2. The van der Waals surface area contributed by atoms with Crippen molar-refractivity contribution in [2.45, 2.75) is 18.5 Å². The molecule has 2 rings (SSSR count). The van der Waals surface area contributed by atoms with Gasteiger partial charge in [0.25, 0.3) is 0 Å². The van der Waals surface area contributed by atoms with Crippen molar-refractivity contribution in [2.75, 3.05) is 34.4 Å². The zero-order chi connectivity index (χ0) is 17.1. The molecule has 0 radical (unpaired) electrons. The van der Waals surface area contributed by atoms with Crippen molar-refractivity contribution in [3.8, 4) is 0 Å². The van der Waals surface area contributed by atoms with E-state index < -0.39 is 12.8 Å². The molecule has 2 atom stereocenters. The molecule has 0 saturated heterocycles. The van der Waals surface area contributed by atoms with E-state index in [0.29, 0.717) is 13.0 Å². The molecule has 1 saturated carbocycles. The fourth-order valence-electron chi connectivity index (χ4n) is 3.38. The summed E-state index contributed by atoms with van der Waals surface area (Å²) in [6.45, 7) is 2.64. The number of methoxy groups -OCH3 is 1. The van der Waals surface area contributed by atoms with Gasteiger partial charge in [0.15, 0.2) is 0 Å². The molecule has 0 spiro atoms. The number of esters is 1. The largest absolute Gasteiger partial charge is 0.468 e. The molecular weight excluding hydrogens is 317 g/mol. The van der Waals surface area contributed by atoms with Gasteiger partial charge in [0.05, 0.1) is 13.7 Å². The second-order valence-electron chi connectivity index (χ2n) is 6.01. The highest BCUT2D eigenvalue weighted by molar-refractivity contribution is 7.55. The van der Waals surface area contributed by atoms with Crippen LogP contribution in [0.25, 0.3) is 0 Å². The molecule has 1 aromatic carbocycles. The summed E-state index contributed by atoms with van der Waals surface area (Å²) < 4.78 is 28.5. The summed E-state index contributed by atoms with van der Waals surface area (Å²) in [7, 11) is 0.830. The number of hydrogen-bond acceptors (Lipinski definition) is 6. The third-order valence-electron chi connectivity index (χ3n) is 4.73. The topological polar surface area (TPSA) is 73.9 Å². The second kappa shape index (κ2) is 6.73. The first-order valence-corrected chi connectivity index (χ1v) is 8.98. The van der Waals surface area contributed by atoms with Crippen molar-refractivity contribution in [1.82, 2.24) is 5.32 Å². The lowest BCUT2D eigenvalue weighted by Crippen LogP contribution is -2.33. The summed E-state index contributed by atoms with van der Waals surface area (Å²) in [5, 5.41) is 2.36. The standard InChI is InChI=1S/C16H24NO5P/c1-15(12-17-10-14(18)20-2)11-16(15,23(19,21-3)22-4)13-8-6-5-7-9-13/h5-9,17H,10-12H2,1-4H3/t15?,16-/m0/s1. The molecule has 1 N–H and O–H groups in total. The van der Waals surface area contributed by atoms with Crippen LogP contribution in [0.1, 0.15) is 18.9 Å². The van der Waals surface area contributed by atoms with Gasteiger partial charge in [-0.05, 0) is 12.0 Å². The van der Waals surface area contributed by atoms with E-state index in [9.17, 15) is 9.36 Å². The lowest BCUT2D eigenvalue weighted by Gasteiger charge is -2.29. The van der Waals surface area contributed by atoms with E-state index in [1.54, 1.807) is 0 Å². The van der Waals surface area contributed by atoms with E-state index in [4.69, 9.17) is 9.05 Å². The monoisotopic (exact) mass is 341 g/mol. The number of carbonyl (C=O) groups is 1. The number of ether oxygens (including phenoxy) is 1. The molecule has 1 fully saturated rings. The molecule has 1 aliphatic rings. The van der Waals surface area contributed by atoms with Crippen LogP contribution in [0, 0.1) is 5.41 Å². The van der Waals surface area contributed by atoms with Gasteiger partial charge >= 0.3 is 13.6 Å². The van der Waals surface area contributed by atoms with Crippen molar-refractivity contribution in [1.29, 1.82) is 0 Å². The van der Waals surface area contributed by atoms with Gasteiger partial charge in [-0.25, -0.2) is 0 Å². The lowest BCUT2D eigenvalue weighted by atomic mass is 10.0. The van der Waals surface area contributed by atoms with Crippen molar-refractivity contribution in [2.24, 2.45) is 5.41 Å². The molecule has 7 heteroatoms. The highest BCUT2D eigenvalue weighted by Gasteiger charge is 2.75. The normalized spacial score (nSPS) is 26.8.